The SMILES string of the molecule is CC1CCC(C)C(C)(O)C1C. The maximum Gasteiger partial charge on any atom is 0.0673 e. The molecule has 1 N–H and O–H groups in total. The normalized spacial score (nSPS) is 52.6. The molecule has 0 aromatic rings. The lowest BCUT2D eigenvalue weighted by atomic mass is 9.66. The van der Waals surface area contributed by atoms with Gasteiger partial charge in [0.2, 0.25) is 0 Å². The number of rotatable bonds is 0. The van der Waals surface area contributed by atoms with E-state index in [-0.39, 0.29) is 0 Å². The number of hydrogen-bond donors (Lipinski definition) is 1. The van der Waals surface area contributed by atoms with Crippen molar-refractivity contribution in [2.45, 2.75) is 46.1 Å². The molecule has 1 fully saturated rings. The van der Waals surface area contributed by atoms with E-state index < -0.39 is 5.60 Å². The Kier molecular flexibility index (Phi) is 2.29. The Morgan fingerprint density at radius 2 is 1.73 bits per heavy atom. The van der Waals surface area contributed by atoms with Crippen molar-refractivity contribution in [3.8, 4) is 0 Å². The highest BCUT2D eigenvalue weighted by Gasteiger charge is 2.40. The summed E-state index contributed by atoms with van der Waals surface area (Å²) in [6, 6.07) is 0. The zero-order valence-electron chi connectivity index (χ0n) is 8.09. The first kappa shape index (κ1) is 9.05. The summed E-state index contributed by atoms with van der Waals surface area (Å²) in [6.45, 7) is 8.55. The second-order valence-electron chi connectivity index (χ2n) is 4.47. The Balaban J connectivity index is 2.72. The topological polar surface area (TPSA) is 20.2 Å². The maximum absolute atomic E-state index is 10.1. The lowest BCUT2D eigenvalue weighted by Gasteiger charge is -2.44. The van der Waals surface area contributed by atoms with E-state index in [2.05, 4.69) is 20.8 Å². The molecule has 1 rings (SSSR count). The van der Waals surface area contributed by atoms with Crippen LogP contribution in [-0.2, 0) is 0 Å². The van der Waals surface area contributed by atoms with Crippen LogP contribution in [0.5, 0.6) is 0 Å². The fraction of sp³-hybridized carbons (Fsp3) is 1.00. The standard InChI is InChI=1S/C10H20O/c1-7-5-6-8(2)10(4,11)9(7)3/h7-9,11H,5-6H2,1-4H3. The predicted octanol–water partition coefficient (Wildman–Crippen LogP) is 2.44. The van der Waals surface area contributed by atoms with Crippen LogP contribution in [0.25, 0.3) is 0 Å². The molecule has 0 radical (unpaired) electrons. The van der Waals surface area contributed by atoms with Crippen molar-refractivity contribution >= 4 is 0 Å². The Labute approximate surface area is 69.8 Å². The van der Waals surface area contributed by atoms with Crippen molar-refractivity contribution in [1.82, 2.24) is 0 Å². The van der Waals surface area contributed by atoms with Crippen LogP contribution >= 0.6 is 0 Å². The summed E-state index contributed by atoms with van der Waals surface area (Å²) in [5, 5.41) is 10.1. The molecule has 0 saturated heterocycles. The van der Waals surface area contributed by atoms with E-state index >= 15 is 0 Å². The van der Waals surface area contributed by atoms with Crippen LogP contribution in [0.3, 0.4) is 0 Å². The quantitative estimate of drug-likeness (QED) is 0.571. The Morgan fingerprint density at radius 3 is 2.18 bits per heavy atom. The van der Waals surface area contributed by atoms with Gasteiger partial charge >= 0.3 is 0 Å². The third-order valence-electron chi connectivity index (χ3n) is 3.83. The molecule has 1 heteroatoms. The van der Waals surface area contributed by atoms with Crippen LogP contribution < -0.4 is 0 Å². The summed E-state index contributed by atoms with van der Waals surface area (Å²) in [6.07, 6.45) is 2.46. The zero-order chi connectivity index (χ0) is 8.65. The molecule has 0 aliphatic heterocycles. The minimum atomic E-state index is -0.433. The lowest BCUT2D eigenvalue weighted by Crippen LogP contribution is -2.46. The van der Waals surface area contributed by atoms with Gasteiger partial charge in [-0.25, -0.2) is 0 Å². The van der Waals surface area contributed by atoms with Crippen molar-refractivity contribution in [1.29, 1.82) is 0 Å². The highest BCUT2D eigenvalue weighted by atomic mass is 16.3. The minimum absolute atomic E-state index is 0.433. The van der Waals surface area contributed by atoms with Crippen LogP contribution in [0.2, 0.25) is 0 Å². The smallest absolute Gasteiger partial charge is 0.0673 e. The van der Waals surface area contributed by atoms with Gasteiger partial charge < -0.3 is 5.11 Å². The molecule has 0 heterocycles. The second-order valence-corrected chi connectivity index (χ2v) is 4.47. The molecule has 0 aromatic heterocycles. The van der Waals surface area contributed by atoms with Gasteiger partial charge in [0.15, 0.2) is 0 Å². The molecule has 4 unspecified atom stereocenters. The first-order valence-electron chi connectivity index (χ1n) is 4.68. The summed E-state index contributed by atoms with van der Waals surface area (Å²) in [7, 11) is 0. The summed E-state index contributed by atoms with van der Waals surface area (Å²) in [5.74, 6) is 1.60. The van der Waals surface area contributed by atoms with Gasteiger partial charge in [0, 0.05) is 0 Å². The van der Waals surface area contributed by atoms with Gasteiger partial charge in [-0.1, -0.05) is 20.8 Å². The zero-order valence-corrected chi connectivity index (χ0v) is 8.09. The van der Waals surface area contributed by atoms with Crippen LogP contribution in [0.1, 0.15) is 40.5 Å². The van der Waals surface area contributed by atoms with E-state index in [1.165, 1.54) is 12.8 Å². The summed E-state index contributed by atoms with van der Waals surface area (Å²) >= 11 is 0. The fourth-order valence-corrected chi connectivity index (χ4v) is 2.08. The summed E-state index contributed by atoms with van der Waals surface area (Å²) in [4.78, 5) is 0. The average molecular weight is 156 g/mol. The lowest BCUT2D eigenvalue weighted by molar-refractivity contribution is -0.0869. The summed E-state index contributed by atoms with van der Waals surface area (Å²) in [5.41, 5.74) is -0.433. The van der Waals surface area contributed by atoms with Crippen molar-refractivity contribution < 1.29 is 5.11 Å². The van der Waals surface area contributed by atoms with Gasteiger partial charge in [0.05, 0.1) is 5.60 Å². The van der Waals surface area contributed by atoms with Gasteiger partial charge in [0.1, 0.15) is 0 Å². The van der Waals surface area contributed by atoms with E-state index in [1.807, 2.05) is 6.92 Å². The monoisotopic (exact) mass is 156 g/mol. The van der Waals surface area contributed by atoms with Crippen molar-refractivity contribution in [2.75, 3.05) is 0 Å². The minimum Gasteiger partial charge on any atom is -0.390 e. The molecule has 66 valence electrons. The van der Waals surface area contributed by atoms with Crippen molar-refractivity contribution in [2.24, 2.45) is 17.8 Å². The molecule has 1 aliphatic rings. The predicted molar refractivity (Wildman–Crippen MR) is 47.3 cm³/mol. The van der Waals surface area contributed by atoms with E-state index in [1.54, 1.807) is 0 Å². The Hall–Kier alpha value is -0.0400. The van der Waals surface area contributed by atoms with Gasteiger partial charge in [-0.2, -0.15) is 0 Å². The fourth-order valence-electron chi connectivity index (χ4n) is 2.08. The molecule has 0 aromatic carbocycles. The van der Waals surface area contributed by atoms with Crippen molar-refractivity contribution in [3.05, 3.63) is 0 Å². The molecule has 1 aliphatic carbocycles. The van der Waals surface area contributed by atoms with Crippen molar-refractivity contribution in [3.63, 3.8) is 0 Å². The van der Waals surface area contributed by atoms with E-state index in [0.717, 1.165) is 0 Å². The first-order chi connectivity index (χ1) is 4.96. The molecule has 1 saturated carbocycles. The molecule has 1 nitrogen and oxygen atoms in total. The van der Waals surface area contributed by atoms with Gasteiger partial charge in [0.25, 0.3) is 0 Å². The van der Waals surface area contributed by atoms with Crippen LogP contribution in [0.4, 0.5) is 0 Å². The molecular weight excluding hydrogens is 136 g/mol. The molecule has 11 heavy (non-hydrogen) atoms. The second kappa shape index (κ2) is 2.78. The van der Waals surface area contributed by atoms with E-state index in [9.17, 15) is 5.11 Å². The third-order valence-corrected chi connectivity index (χ3v) is 3.83. The maximum atomic E-state index is 10.1. The number of hydrogen-bond acceptors (Lipinski definition) is 1. The van der Waals surface area contributed by atoms with Crippen LogP contribution in [0.15, 0.2) is 0 Å². The van der Waals surface area contributed by atoms with E-state index in [4.69, 9.17) is 0 Å². The molecular formula is C10H20O. The highest BCUT2D eigenvalue weighted by molar-refractivity contribution is 4.91. The van der Waals surface area contributed by atoms with Gasteiger partial charge in [-0.05, 0) is 37.5 Å². The summed E-state index contributed by atoms with van der Waals surface area (Å²) < 4.78 is 0. The molecule has 0 spiro atoms. The first-order valence-corrected chi connectivity index (χ1v) is 4.68. The Morgan fingerprint density at radius 1 is 1.18 bits per heavy atom. The van der Waals surface area contributed by atoms with Gasteiger partial charge in [-0.15, -0.1) is 0 Å². The van der Waals surface area contributed by atoms with E-state index in [0.29, 0.717) is 17.8 Å². The largest absolute Gasteiger partial charge is 0.390 e. The highest BCUT2D eigenvalue weighted by Crippen LogP contribution is 2.40. The van der Waals surface area contributed by atoms with Crippen LogP contribution in [0, 0.1) is 17.8 Å². The molecule has 4 atom stereocenters. The third kappa shape index (κ3) is 1.44. The average Bonchev–Trinajstić information content (AvgIpc) is 1.95. The molecule has 0 amide bonds. The van der Waals surface area contributed by atoms with Gasteiger partial charge in [-0.3, -0.25) is 0 Å². The number of aliphatic hydroxyl groups is 1. The molecule has 0 bridgehead atoms. The Bertz CT molecular complexity index is 140. The van der Waals surface area contributed by atoms with Crippen LogP contribution in [-0.4, -0.2) is 10.7 Å².